The van der Waals surface area contributed by atoms with E-state index in [1.165, 1.54) is 16.7 Å². The van der Waals surface area contributed by atoms with Crippen molar-refractivity contribution in [2.75, 3.05) is 46.0 Å². The Labute approximate surface area is 241 Å². The molecule has 4 heterocycles. The van der Waals surface area contributed by atoms with E-state index in [0.29, 0.717) is 6.61 Å². The third-order valence-corrected chi connectivity index (χ3v) is 7.52. The molecular formula is C34H37N5O2. The van der Waals surface area contributed by atoms with Gasteiger partial charge in [-0.3, -0.25) is 15.0 Å². The highest BCUT2D eigenvalue weighted by molar-refractivity contribution is 5.95. The first-order valence-corrected chi connectivity index (χ1v) is 14.5. The van der Waals surface area contributed by atoms with Crippen molar-refractivity contribution in [3.8, 4) is 5.75 Å². The van der Waals surface area contributed by atoms with E-state index in [9.17, 15) is 0 Å². The van der Waals surface area contributed by atoms with Gasteiger partial charge >= 0.3 is 0 Å². The van der Waals surface area contributed by atoms with Crippen molar-refractivity contribution in [2.45, 2.75) is 19.3 Å². The smallest absolute Gasteiger partial charge is 0.126 e. The zero-order chi connectivity index (χ0) is 27.7. The molecule has 210 valence electrons. The second-order valence-electron chi connectivity index (χ2n) is 10.5. The maximum atomic E-state index is 6.36. The van der Waals surface area contributed by atoms with Gasteiger partial charge in [0.2, 0.25) is 0 Å². The van der Waals surface area contributed by atoms with Gasteiger partial charge in [-0.1, -0.05) is 36.4 Å². The Morgan fingerprint density at radius 3 is 2.80 bits per heavy atom. The molecular weight excluding hydrogens is 510 g/mol. The fraction of sp³-hybridized carbons (Fsp3) is 0.294. The van der Waals surface area contributed by atoms with E-state index in [1.807, 2.05) is 18.3 Å². The highest BCUT2D eigenvalue weighted by Gasteiger charge is 2.11. The molecule has 2 aliphatic heterocycles. The number of hydrogen-bond donors (Lipinski definition) is 2. The Morgan fingerprint density at radius 2 is 1.90 bits per heavy atom. The summed E-state index contributed by atoms with van der Waals surface area (Å²) in [5.41, 5.74) is 7.58. The van der Waals surface area contributed by atoms with Crippen LogP contribution in [0.15, 0.2) is 71.9 Å². The number of aromatic amines is 2. The average molecular weight is 548 g/mol. The molecule has 2 aromatic carbocycles. The summed E-state index contributed by atoms with van der Waals surface area (Å²) in [5, 5.41) is 8.82. The van der Waals surface area contributed by atoms with Gasteiger partial charge < -0.3 is 14.5 Å². The molecule has 0 amide bonds. The molecule has 0 aliphatic carbocycles. The third kappa shape index (κ3) is 7.51. The van der Waals surface area contributed by atoms with Crippen LogP contribution in [-0.2, 0) is 11.2 Å². The van der Waals surface area contributed by atoms with Crippen LogP contribution in [0.1, 0.15) is 40.9 Å². The van der Waals surface area contributed by atoms with Crippen molar-refractivity contribution < 1.29 is 9.47 Å². The summed E-state index contributed by atoms with van der Waals surface area (Å²) in [6, 6.07) is 17.0. The fourth-order valence-electron chi connectivity index (χ4n) is 5.15. The van der Waals surface area contributed by atoms with Crippen molar-refractivity contribution in [2.24, 2.45) is 4.99 Å². The van der Waals surface area contributed by atoms with Gasteiger partial charge in [-0.15, -0.1) is 0 Å². The van der Waals surface area contributed by atoms with E-state index in [1.54, 1.807) is 0 Å². The number of rotatable bonds is 11. The lowest BCUT2D eigenvalue weighted by Crippen LogP contribution is -2.38. The van der Waals surface area contributed by atoms with Gasteiger partial charge in [-0.2, -0.15) is 5.10 Å². The number of H-pyrrole nitrogens is 2. The molecule has 4 aromatic rings. The van der Waals surface area contributed by atoms with Crippen molar-refractivity contribution in [1.29, 1.82) is 0 Å². The van der Waals surface area contributed by atoms with Crippen LogP contribution in [0.25, 0.3) is 35.2 Å². The molecule has 2 aromatic heterocycles. The summed E-state index contributed by atoms with van der Waals surface area (Å²) >= 11 is 0. The number of fused-ring (bicyclic) bond motifs is 1. The van der Waals surface area contributed by atoms with Gasteiger partial charge in [-0.25, -0.2) is 0 Å². The van der Waals surface area contributed by atoms with Gasteiger partial charge in [-0.05, 0) is 84.3 Å². The second kappa shape index (κ2) is 13.4. The predicted molar refractivity (Wildman–Crippen MR) is 168 cm³/mol. The Morgan fingerprint density at radius 1 is 0.951 bits per heavy atom. The minimum atomic E-state index is 0.646. The SMILES string of the molecule is C1=CC(CCc2ccc(/C=C/c3cc(/C=C/c4ccc5cc[nH]c5c4)n[nH]3)c(OCCN3CCOCC3)c2)=NCC1. The summed E-state index contributed by atoms with van der Waals surface area (Å²) in [7, 11) is 0. The van der Waals surface area contributed by atoms with Crippen molar-refractivity contribution in [1.82, 2.24) is 20.1 Å². The number of nitrogens with zero attached hydrogens (tertiary/aromatic N) is 3. The summed E-state index contributed by atoms with van der Waals surface area (Å²) in [5.74, 6) is 0.910. The largest absolute Gasteiger partial charge is 0.492 e. The Hall–Kier alpha value is -4.20. The normalized spacial score (nSPS) is 16.2. The highest BCUT2D eigenvalue weighted by Crippen LogP contribution is 2.25. The number of allylic oxidation sites excluding steroid dienone is 1. The summed E-state index contributed by atoms with van der Waals surface area (Å²) in [6.07, 6.45) is 17.5. The highest BCUT2D eigenvalue weighted by atomic mass is 16.5. The maximum absolute atomic E-state index is 6.36. The average Bonchev–Trinajstić information content (AvgIpc) is 3.69. The fourth-order valence-corrected chi connectivity index (χ4v) is 5.15. The number of aromatic nitrogens is 3. The zero-order valence-electron chi connectivity index (χ0n) is 23.4. The number of nitrogens with one attached hydrogen (secondary N) is 2. The van der Waals surface area contributed by atoms with Crippen LogP contribution in [0, 0.1) is 0 Å². The lowest BCUT2D eigenvalue weighted by molar-refractivity contribution is 0.0322. The van der Waals surface area contributed by atoms with Crippen LogP contribution in [-0.4, -0.2) is 71.8 Å². The summed E-state index contributed by atoms with van der Waals surface area (Å²) in [4.78, 5) is 10.3. The molecule has 0 bridgehead atoms. The second-order valence-corrected chi connectivity index (χ2v) is 10.5. The molecule has 0 radical (unpaired) electrons. The first-order chi connectivity index (χ1) is 20.3. The Kier molecular flexibility index (Phi) is 8.85. The molecule has 41 heavy (non-hydrogen) atoms. The minimum Gasteiger partial charge on any atom is -0.492 e. The van der Waals surface area contributed by atoms with Gasteiger partial charge in [0, 0.05) is 49.2 Å². The number of aryl methyl sites for hydroxylation is 1. The van der Waals surface area contributed by atoms with Crippen molar-refractivity contribution in [3.63, 3.8) is 0 Å². The number of morpholine rings is 1. The molecule has 0 saturated carbocycles. The number of hydrogen-bond acceptors (Lipinski definition) is 5. The molecule has 6 rings (SSSR count). The lowest BCUT2D eigenvalue weighted by atomic mass is 10.0. The minimum absolute atomic E-state index is 0.646. The van der Waals surface area contributed by atoms with Crippen molar-refractivity contribution in [3.05, 3.63) is 95.0 Å². The lowest BCUT2D eigenvalue weighted by Gasteiger charge is -2.26. The molecule has 0 unspecified atom stereocenters. The maximum Gasteiger partial charge on any atom is 0.126 e. The molecule has 2 aliphatic rings. The molecule has 0 spiro atoms. The van der Waals surface area contributed by atoms with E-state index < -0.39 is 0 Å². The first-order valence-electron chi connectivity index (χ1n) is 14.5. The van der Waals surface area contributed by atoms with E-state index in [0.717, 1.165) is 92.4 Å². The first kappa shape index (κ1) is 27.0. The van der Waals surface area contributed by atoms with Gasteiger partial charge in [0.1, 0.15) is 12.4 Å². The van der Waals surface area contributed by atoms with E-state index in [-0.39, 0.29) is 0 Å². The van der Waals surface area contributed by atoms with Crippen LogP contribution in [0.4, 0.5) is 0 Å². The number of benzene rings is 2. The number of dihydropyridines is 1. The molecule has 7 nitrogen and oxygen atoms in total. The third-order valence-electron chi connectivity index (χ3n) is 7.52. The van der Waals surface area contributed by atoms with Gasteiger partial charge in [0.05, 0.1) is 24.6 Å². The summed E-state index contributed by atoms with van der Waals surface area (Å²) in [6.45, 7) is 5.96. The quantitative estimate of drug-likeness (QED) is 0.232. The van der Waals surface area contributed by atoms with E-state index >= 15 is 0 Å². The molecule has 7 heteroatoms. The van der Waals surface area contributed by atoms with Gasteiger partial charge in [0.25, 0.3) is 0 Å². The summed E-state index contributed by atoms with van der Waals surface area (Å²) < 4.78 is 11.8. The van der Waals surface area contributed by atoms with Crippen molar-refractivity contribution >= 4 is 40.9 Å². The standard InChI is InChI=1S/C34H37N5O2/c1-2-15-35-30(3-1)11-6-27-5-9-29(34(24-27)41-22-19-39-17-20-40-21-18-39)10-13-32-25-31(37-38-32)12-7-26-4-8-28-14-16-36-33(28)23-26/h1,3-5,7-10,12-14,16,23-25,36H,2,6,11,15,17-22H2,(H,37,38)/b12-7+,13-10+. The van der Waals surface area contributed by atoms with Crippen LogP contribution < -0.4 is 4.74 Å². The monoisotopic (exact) mass is 547 g/mol. The van der Waals surface area contributed by atoms with Gasteiger partial charge in [0.15, 0.2) is 0 Å². The Bertz CT molecular complexity index is 1570. The molecule has 2 N–H and O–H groups in total. The van der Waals surface area contributed by atoms with Crippen LogP contribution in [0.5, 0.6) is 5.75 Å². The Balaban J connectivity index is 1.13. The molecule has 1 saturated heterocycles. The molecule has 1 fully saturated rings. The van der Waals surface area contributed by atoms with Crippen LogP contribution in [0.3, 0.4) is 0 Å². The molecule has 0 atom stereocenters. The number of ether oxygens (including phenoxy) is 2. The zero-order valence-corrected chi connectivity index (χ0v) is 23.4. The van der Waals surface area contributed by atoms with E-state index in [2.05, 4.69) is 97.9 Å². The van der Waals surface area contributed by atoms with Crippen LogP contribution >= 0.6 is 0 Å². The van der Waals surface area contributed by atoms with E-state index in [4.69, 9.17) is 9.47 Å². The number of aliphatic imine (C=N–C) groups is 1. The topological polar surface area (TPSA) is 78.5 Å². The predicted octanol–water partition coefficient (Wildman–Crippen LogP) is 6.28. The van der Waals surface area contributed by atoms with Crippen LogP contribution in [0.2, 0.25) is 0 Å².